The van der Waals surface area contributed by atoms with Gasteiger partial charge in [0.15, 0.2) is 5.90 Å². The first kappa shape index (κ1) is 25.7. The van der Waals surface area contributed by atoms with Crippen LogP contribution in [0.15, 0.2) is 0 Å². The zero-order valence-corrected chi connectivity index (χ0v) is 21.1. The van der Waals surface area contributed by atoms with Crippen molar-refractivity contribution in [2.45, 2.75) is 64.2 Å². The average Bonchev–Trinajstić information content (AvgIpc) is 2.46. The summed E-state index contributed by atoms with van der Waals surface area (Å²) in [5.41, 5.74) is 0. The molecule has 2 unspecified atom stereocenters. The predicted molar refractivity (Wildman–Crippen MR) is 112 cm³/mol. The summed E-state index contributed by atoms with van der Waals surface area (Å²) in [5, 5.41) is 0. The molecule has 0 aromatic carbocycles. The summed E-state index contributed by atoms with van der Waals surface area (Å²) in [6.07, 6.45) is 1.63. The molecule has 0 radical (unpaired) electrons. The molecule has 0 saturated heterocycles. The molecule has 152 valence electrons. The third kappa shape index (κ3) is 13.5. The van der Waals surface area contributed by atoms with Crippen LogP contribution >= 0.6 is 15.2 Å². The van der Waals surface area contributed by atoms with E-state index in [1.165, 1.54) is 14.2 Å². The summed E-state index contributed by atoms with van der Waals surface area (Å²) in [6.45, 7) is 14.3. The highest BCUT2D eigenvalue weighted by Gasteiger charge is 2.37. The molecule has 0 aliphatic carbocycles. The Morgan fingerprint density at radius 2 is 1.00 bits per heavy atom. The van der Waals surface area contributed by atoms with Crippen LogP contribution in [0.4, 0.5) is 0 Å². The predicted octanol–water partition coefficient (Wildman–Crippen LogP) is 6.11. The molecule has 0 fully saturated rings. The van der Waals surface area contributed by atoms with E-state index in [0.717, 1.165) is 24.9 Å². The second kappa shape index (κ2) is 10.9. The molecule has 0 aliphatic rings. The molecule has 10 heteroatoms. The van der Waals surface area contributed by atoms with Crippen LogP contribution < -0.4 is 0 Å². The fourth-order valence-electron chi connectivity index (χ4n) is 2.13. The maximum absolute atomic E-state index is 12.7. The van der Waals surface area contributed by atoms with E-state index in [1.54, 1.807) is 0 Å². The second-order valence-corrected chi connectivity index (χ2v) is 24.8. The number of hydrogen-bond acceptors (Lipinski definition) is 6. The van der Waals surface area contributed by atoms with E-state index >= 15 is 0 Å². The zero-order valence-electron chi connectivity index (χ0n) is 17.3. The summed E-state index contributed by atoms with van der Waals surface area (Å²) in [5.74, 6) is -0.340. The molecule has 0 N–H and O–H groups in total. The molecule has 0 aromatic rings. The van der Waals surface area contributed by atoms with Crippen LogP contribution in [0.25, 0.3) is 0 Å². The van der Waals surface area contributed by atoms with Gasteiger partial charge in [0.2, 0.25) is 0 Å². The largest absolute Gasteiger partial charge is 0.342 e. The summed E-state index contributed by atoms with van der Waals surface area (Å²) in [4.78, 5) is 0. The van der Waals surface area contributed by atoms with Gasteiger partial charge in [0.1, 0.15) is 0 Å². The van der Waals surface area contributed by atoms with Gasteiger partial charge in [-0.3, -0.25) is 9.13 Å². The van der Waals surface area contributed by atoms with Gasteiger partial charge in [-0.25, -0.2) is 0 Å². The summed E-state index contributed by atoms with van der Waals surface area (Å²) >= 11 is 0. The second-order valence-electron chi connectivity index (χ2n) is 8.72. The van der Waals surface area contributed by atoms with Crippen molar-refractivity contribution < 1.29 is 27.2 Å². The Balaban J connectivity index is 4.54. The van der Waals surface area contributed by atoms with Crippen molar-refractivity contribution in [2.24, 2.45) is 0 Å². The van der Waals surface area contributed by atoms with E-state index in [0.29, 0.717) is 13.2 Å². The summed E-state index contributed by atoms with van der Waals surface area (Å²) < 4.78 is 46.4. The highest BCUT2D eigenvalue weighted by atomic mass is 31.2. The standard InChI is InChI=1S/C15H38O6P2Si2/c1-18-22(16,20-11-9-13-24(3,4)5)15-23(17,19-2)21-12-10-14-25(6,7)8/h9-15H2,1-8H3. The zero-order chi connectivity index (χ0) is 19.8. The minimum absolute atomic E-state index is 0.328. The number of rotatable bonds is 14. The molecular weight excluding hydrogens is 394 g/mol. The van der Waals surface area contributed by atoms with Crippen LogP contribution in [0.5, 0.6) is 0 Å². The highest BCUT2D eigenvalue weighted by molar-refractivity contribution is 7.71. The first-order chi connectivity index (χ1) is 11.2. The average molecular weight is 433 g/mol. The summed E-state index contributed by atoms with van der Waals surface area (Å²) in [7, 11) is -6.69. The van der Waals surface area contributed by atoms with Gasteiger partial charge in [0.05, 0.1) is 13.2 Å². The lowest BCUT2D eigenvalue weighted by Crippen LogP contribution is -2.19. The molecule has 0 heterocycles. The van der Waals surface area contributed by atoms with Gasteiger partial charge in [-0.05, 0) is 12.8 Å². The van der Waals surface area contributed by atoms with Crippen molar-refractivity contribution in [2.75, 3.05) is 33.3 Å². The number of hydrogen-bond donors (Lipinski definition) is 0. The quantitative estimate of drug-likeness (QED) is 0.187. The van der Waals surface area contributed by atoms with Crippen molar-refractivity contribution in [3.05, 3.63) is 0 Å². The first-order valence-electron chi connectivity index (χ1n) is 8.83. The Hall–Kier alpha value is 0.734. The monoisotopic (exact) mass is 432 g/mol. The SMILES string of the molecule is COP(=O)(CP(=O)(OC)OCCC[Si](C)(C)C)OCCC[Si](C)(C)C. The molecule has 0 bridgehead atoms. The molecule has 6 nitrogen and oxygen atoms in total. The molecule has 0 amide bonds. The lowest BCUT2D eigenvalue weighted by atomic mass is 10.5. The Morgan fingerprint density at radius 1 is 0.680 bits per heavy atom. The highest BCUT2D eigenvalue weighted by Crippen LogP contribution is 2.63. The van der Waals surface area contributed by atoms with Gasteiger partial charge in [-0.1, -0.05) is 51.4 Å². The molecule has 0 spiro atoms. The van der Waals surface area contributed by atoms with Crippen molar-refractivity contribution in [3.8, 4) is 0 Å². The van der Waals surface area contributed by atoms with Crippen LogP contribution in [0.3, 0.4) is 0 Å². The van der Waals surface area contributed by atoms with Crippen molar-refractivity contribution in [1.29, 1.82) is 0 Å². The molecular formula is C15H38O6P2Si2. The topological polar surface area (TPSA) is 71.1 Å². The van der Waals surface area contributed by atoms with E-state index in [1.807, 2.05) is 0 Å². The van der Waals surface area contributed by atoms with Crippen LogP contribution in [-0.2, 0) is 27.2 Å². The van der Waals surface area contributed by atoms with Crippen LogP contribution in [0.2, 0.25) is 51.4 Å². The van der Waals surface area contributed by atoms with E-state index in [9.17, 15) is 9.13 Å². The molecule has 25 heavy (non-hydrogen) atoms. The fourth-order valence-corrected chi connectivity index (χ4v) is 8.84. The third-order valence-electron chi connectivity index (χ3n) is 3.62. The molecule has 0 rings (SSSR count). The minimum Gasteiger partial charge on any atom is -0.311 e. The smallest absolute Gasteiger partial charge is 0.311 e. The Labute approximate surface area is 156 Å². The van der Waals surface area contributed by atoms with Gasteiger partial charge < -0.3 is 18.1 Å². The van der Waals surface area contributed by atoms with Crippen LogP contribution in [-0.4, -0.2) is 49.5 Å². The maximum atomic E-state index is 12.7. The maximum Gasteiger partial charge on any atom is 0.342 e. The van der Waals surface area contributed by atoms with Gasteiger partial charge in [-0.15, -0.1) is 0 Å². The fraction of sp³-hybridized carbons (Fsp3) is 1.00. The van der Waals surface area contributed by atoms with Gasteiger partial charge in [0, 0.05) is 30.4 Å². The molecule has 2 atom stereocenters. The minimum atomic E-state index is -3.49. The van der Waals surface area contributed by atoms with E-state index in [4.69, 9.17) is 18.1 Å². The van der Waals surface area contributed by atoms with Crippen molar-refractivity contribution in [1.82, 2.24) is 0 Å². The Kier molecular flexibility index (Phi) is 11.2. The lowest BCUT2D eigenvalue weighted by molar-refractivity contribution is 0.220. The third-order valence-corrected chi connectivity index (χ3v) is 12.4. The Morgan fingerprint density at radius 3 is 1.24 bits per heavy atom. The van der Waals surface area contributed by atoms with Crippen molar-refractivity contribution >= 4 is 31.3 Å². The van der Waals surface area contributed by atoms with E-state index in [2.05, 4.69) is 39.3 Å². The molecule has 0 aliphatic heterocycles. The summed E-state index contributed by atoms with van der Waals surface area (Å²) in [6, 6.07) is 2.15. The normalized spacial score (nSPS) is 17.9. The molecule has 0 aromatic heterocycles. The van der Waals surface area contributed by atoms with E-state index < -0.39 is 31.3 Å². The molecule has 0 saturated carbocycles. The van der Waals surface area contributed by atoms with Gasteiger partial charge >= 0.3 is 15.2 Å². The lowest BCUT2D eigenvalue weighted by Gasteiger charge is -2.23. The van der Waals surface area contributed by atoms with Gasteiger partial charge in [-0.2, -0.15) is 0 Å². The van der Waals surface area contributed by atoms with Crippen molar-refractivity contribution in [3.63, 3.8) is 0 Å². The van der Waals surface area contributed by atoms with E-state index in [-0.39, 0.29) is 5.90 Å². The van der Waals surface area contributed by atoms with Crippen LogP contribution in [0.1, 0.15) is 12.8 Å². The van der Waals surface area contributed by atoms with Crippen LogP contribution in [0, 0.1) is 0 Å². The Bertz CT molecular complexity index is 432. The van der Waals surface area contributed by atoms with Gasteiger partial charge in [0.25, 0.3) is 0 Å². The first-order valence-corrected chi connectivity index (χ1v) is 19.7.